The van der Waals surface area contributed by atoms with Crippen LogP contribution in [0.3, 0.4) is 0 Å². The van der Waals surface area contributed by atoms with E-state index in [1.54, 1.807) is 6.07 Å². The zero-order valence-corrected chi connectivity index (χ0v) is 22.3. The highest BCUT2D eigenvalue weighted by Gasteiger charge is 2.35. The number of aromatic carboxylic acids is 1. The van der Waals surface area contributed by atoms with Gasteiger partial charge in [-0.05, 0) is 48.0 Å². The Morgan fingerprint density at radius 3 is 2.37 bits per heavy atom. The van der Waals surface area contributed by atoms with Crippen LogP contribution in [0.2, 0.25) is 0 Å². The average Bonchev–Trinajstić information content (AvgIpc) is 3.39. The number of methoxy groups -OCH3 is 1. The normalized spacial score (nSPS) is 11.0. The molecule has 0 atom stereocenters. The van der Waals surface area contributed by atoms with Crippen molar-refractivity contribution in [2.75, 3.05) is 23.1 Å². The lowest BCUT2D eigenvalue weighted by Gasteiger charge is -2.18. The SMILES string of the molecule is CCC(=O)Nc1cc2c(C(=O)Nc3ccc(C#N)cc3C(=O)O)noc2cc1-c1ccc(NC(=O)OC)cc1C(F)(F)F. The first-order chi connectivity index (χ1) is 20.4. The maximum absolute atomic E-state index is 14.2. The number of carboxylic acid groups (broad SMARTS) is 1. The molecule has 220 valence electrons. The highest BCUT2D eigenvalue weighted by atomic mass is 19.4. The molecule has 0 saturated carbocycles. The quantitative estimate of drug-likeness (QED) is 0.203. The monoisotopic (exact) mass is 595 g/mol. The maximum atomic E-state index is 14.2. The third-order valence-electron chi connectivity index (χ3n) is 6.09. The number of anilines is 3. The number of ether oxygens (including phenoxy) is 1. The van der Waals surface area contributed by atoms with Gasteiger partial charge in [-0.25, -0.2) is 9.59 Å². The highest BCUT2D eigenvalue weighted by molar-refractivity contribution is 6.14. The topological polar surface area (TPSA) is 184 Å². The predicted octanol–water partition coefficient (Wildman–Crippen LogP) is 5.86. The van der Waals surface area contributed by atoms with Crippen LogP contribution in [0, 0.1) is 11.3 Å². The number of aromatic nitrogens is 1. The van der Waals surface area contributed by atoms with Crippen LogP contribution < -0.4 is 16.0 Å². The predicted molar refractivity (Wildman–Crippen MR) is 145 cm³/mol. The number of alkyl halides is 3. The van der Waals surface area contributed by atoms with E-state index in [9.17, 15) is 37.5 Å². The lowest BCUT2D eigenvalue weighted by molar-refractivity contribution is -0.137. The van der Waals surface area contributed by atoms with Gasteiger partial charge >= 0.3 is 18.2 Å². The minimum absolute atomic E-state index is 0.00397. The summed E-state index contributed by atoms with van der Waals surface area (Å²) < 4.78 is 52.2. The first-order valence-corrected chi connectivity index (χ1v) is 12.2. The molecule has 4 rings (SSSR count). The minimum atomic E-state index is -4.90. The number of hydrogen-bond acceptors (Lipinski definition) is 8. The number of nitrogens with zero attached hydrogens (tertiary/aromatic N) is 2. The summed E-state index contributed by atoms with van der Waals surface area (Å²) in [6, 6.07) is 10.7. The average molecular weight is 595 g/mol. The molecule has 12 nitrogen and oxygen atoms in total. The Labute approximate surface area is 240 Å². The molecule has 3 amide bonds. The van der Waals surface area contributed by atoms with E-state index in [2.05, 4.69) is 25.8 Å². The van der Waals surface area contributed by atoms with Gasteiger partial charge < -0.3 is 25.0 Å². The van der Waals surface area contributed by atoms with E-state index >= 15 is 0 Å². The lowest BCUT2D eigenvalue weighted by Crippen LogP contribution is -2.16. The Morgan fingerprint density at radius 1 is 1.00 bits per heavy atom. The molecule has 0 aliphatic rings. The molecule has 0 fully saturated rings. The fourth-order valence-electron chi connectivity index (χ4n) is 4.05. The molecule has 0 saturated heterocycles. The first-order valence-electron chi connectivity index (χ1n) is 12.2. The molecule has 43 heavy (non-hydrogen) atoms. The number of hydrogen-bond donors (Lipinski definition) is 4. The second kappa shape index (κ2) is 11.9. The van der Waals surface area contributed by atoms with E-state index in [0.29, 0.717) is 6.07 Å². The summed E-state index contributed by atoms with van der Waals surface area (Å²) in [5.41, 5.74) is -2.96. The number of halogens is 3. The van der Waals surface area contributed by atoms with Crippen LogP contribution in [0.5, 0.6) is 0 Å². The van der Waals surface area contributed by atoms with Crippen LogP contribution in [0.25, 0.3) is 22.1 Å². The molecule has 0 aliphatic heterocycles. The molecule has 1 heterocycles. The molecular weight excluding hydrogens is 575 g/mol. The fourth-order valence-corrected chi connectivity index (χ4v) is 4.05. The third-order valence-corrected chi connectivity index (χ3v) is 6.09. The number of fused-ring (bicyclic) bond motifs is 1. The molecule has 0 spiro atoms. The van der Waals surface area contributed by atoms with Crippen molar-refractivity contribution < 1.29 is 46.7 Å². The molecule has 15 heteroatoms. The van der Waals surface area contributed by atoms with Gasteiger partial charge in [0.05, 0.1) is 40.9 Å². The summed E-state index contributed by atoms with van der Waals surface area (Å²) in [4.78, 5) is 48.7. The van der Waals surface area contributed by atoms with Crippen LogP contribution in [-0.4, -0.2) is 41.2 Å². The van der Waals surface area contributed by atoms with Crippen LogP contribution >= 0.6 is 0 Å². The number of nitriles is 1. The van der Waals surface area contributed by atoms with Crippen molar-refractivity contribution in [2.24, 2.45) is 0 Å². The smallest absolute Gasteiger partial charge is 0.417 e. The number of carbonyl (C=O) groups is 4. The van der Waals surface area contributed by atoms with Gasteiger partial charge in [-0.1, -0.05) is 18.1 Å². The number of carboxylic acids is 1. The summed E-state index contributed by atoms with van der Waals surface area (Å²) in [7, 11) is 1.05. The molecular formula is C28H20F3N5O7. The number of amides is 3. The van der Waals surface area contributed by atoms with Gasteiger partial charge in [-0.3, -0.25) is 14.9 Å². The van der Waals surface area contributed by atoms with Crippen molar-refractivity contribution >= 4 is 51.9 Å². The third kappa shape index (κ3) is 6.38. The van der Waals surface area contributed by atoms with Gasteiger partial charge in [-0.2, -0.15) is 18.4 Å². The highest BCUT2D eigenvalue weighted by Crippen LogP contribution is 2.43. The van der Waals surface area contributed by atoms with Gasteiger partial charge in [-0.15, -0.1) is 0 Å². The number of rotatable bonds is 7. The van der Waals surface area contributed by atoms with Gasteiger partial charge in [0.15, 0.2) is 11.3 Å². The Morgan fingerprint density at radius 2 is 1.74 bits per heavy atom. The second-order valence-electron chi connectivity index (χ2n) is 8.83. The Hall–Kier alpha value is -5.91. The first kappa shape index (κ1) is 30.1. The summed E-state index contributed by atoms with van der Waals surface area (Å²) in [5.74, 6) is -2.90. The van der Waals surface area contributed by atoms with Crippen molar-refractivity contribution in [3.8, 4) is 17.2 Å². The largest absolute Gasteiger partial charge is 0.478 e. The molecule has 4 aromatic rings. The van der Waals surface area contributed by atoms with Crippen molar-refractivity contribution in [1.29, 1.82) is 5.26 Å². The maximum Gasteiger partial charge on any atom is 0.417 e. The summed E-state index contributed by atoms with van der Waals surface area (Å²) in [6.45, 7) is 1.53. The Bertz CT molecular complexity index is 1830. The van der Waals surface area contributed by atoms with Crippen molar-refractivity contribution in [1.82, 2.24) is 5.16 Å². The molecule has 0 unspecified atom stereocenters. The van der Waals surface area contributed by atoms with Gasteiger partial charge in [0.25, 0.3) is 5.91 Å². The van der Waals surface area contributed by atoms with Crippen molar-refractivity contribution in [3.05, 3.63) is 70.9 Å². The molecule has 4 N–H and O–H groups in total. The van der Waals surface area contributed by atoms with E-state index in [-0.39, 0.29) is 62.4 Å². The van der Waals surface area contributed by atoms with E-state index in [1.807, 2.05) is 0 Å². The van der Waals surface area contributed by atoms with Crippen molar-refractivity contribution in [3.63, 3.8) is 0 Å². The van der Waals surface area contributed by atoms with Crippen LogP contribution in [-0.2, 0) is 15.7 Å². The van der Waals surface area contributed by atoms with E-state index in [0.717, 1.165) is 25.3 Å². The molecule has 0 aliphatic carbocycles. The van der Waals surface area contributed by atoms with Crippen LogP contribution in [0.15, 0.2) is 53.1 Å². The fraction of sp³-hybridized carbons (Fsp3) is 0.143. The number of benzene rings is 3. The summed E-state index contributed by atoms with van der Waals surface area (Å²) in [6.07, 6.45) is -5.92. The van der Waals surface area contributed by atoms with E-state index in [1.165, 1.54) is 31.2 Å². The number of nitrogens with one attached hydrogen (secondary N) is 3. The second-order valence-corrected chi connectivity index (χ2v) is 8.83. The molecule has 3 aromatic carbocycles. The summed E-state index contributed by atoms with van der Waals surface area (Å²) >= 11 is 0. The zero-order valence-electron chi connectivity index (χ0n) is 22.3. The number of carbonyl (C=O) groups excluding carboxylic acids is 3. The minimum Gasteiger partial charge on any atom is -0.478 e. The lowest BCUT2D eigenvalue weighted by atomic mass is 9.95. The van der Waals surface area contributed by atoms with Gasteiger partial charge in [0.2, 0.25) is 5.91 Å². The van der Waals surface area contributed by atoms with E-state index < -0.39 is 35.6 Å². The van der Waals surface area contributed by atoms with E-state index in [4.69, 9.17) is 9.78 Å². The van der Waals surface area contributed by atoms with Crippen molar-refractivity contribution in [2.45, 2.75) is 19.5 Å². The van der Waals surface area contributed by atoms with Crippen LogP contribution in [0.4, 0.5) is 35.0 Å². The molecule has 0 bridgehead atoms. The zero-order chi connectivity index (χ0) is 31.5. The van der Waals surface area contributed by atoms with Crippen LogP contribution in [0.1, 0.15) is 45.3 Å². The Balaban J connectivity index is 1.84. The summed E-state index contributed by atoms with van der Waals surface area (Å²) in [5, 5.41) is 29.3. The van der Waals surface area contributed by atoms with Gasteiger partial charge in [0.1, 0.15) is 0 Å². The van der Waals surface area contributed by atoms with Gasteiger partial charge in [0, 0.05) is 23.4 Å². The molecule has 1 aromatic heterocycles. The Kier molecular flexibility index (Phi) is 8.32. The molecule has 0 radical (unpaired) electrons. The standard InChI is InChI=1S/C28H20F3N5O7/c1-3-23(37)34-21-10-18-22(11-16(21)15-6-5-14(33-27(41)42-2)9-19(15)28(29,30)31)43-36-24(18)25(38)35-20-7-4-13(12-32)8-17(20)26(39)40/h4-11H,3H2,1-2H3,(H,33,41)(H,34,37)(H,35,38)(H,39,40).